The zero-order valence-corrected chi connectivity index (χ0v) is 13.4. The van der Waals surface area contributed by atoms with Crippen LogP contribution in [-0.2, 0) is 24.6 Å². The van der Waals surface area contributed by atoms with E-state index in [-0.39, 0.29) is 24.2 Å². The second-order valence-electron chi connectivity index (χ2n) is 5.02. The molecule has 1 heterocycles. The number of nitrogens with one attached hydrogen (secondary N) is 2. The molecule has 1 aliphatic heterocycles. The van der Waals surface area contributed by atoms with E-state index in [9.17, 15) is 16.8 Å². The van der Waals surface area contributed by atoms with Crippen molar-refractivity contribution in [2.75, 3.05) is 44.0 Å². The molecule has 0 amide bonds. The molecule has 0 unspecified atom stereocenters. The maximum atomic E-state index is 11.5. The lowest BCUT2D eigenvalue weighted by atomic mass is 10.1. The van der Waals surface area contributed by atoms with E-state index in [0.717, 1.165) is 32.2 Å². The Bertz CT molecular complexity index is 469. The number of hydrogen-bond donors (Lipinski definition) is 2. The minimum atomic E-state index is -3.51. The van der Waals surface area contributed by atoms with Crippen molar-refractivity contribution in [3.05, 3.63) is 0 Å². The highest BCUT2D eigenvalue weighted by molar-refractivity contribution is 7.93. The van der Waals surface area contributed by atoms with Crippen LogP contribution in [0.5, 0.6) is 0 Å². The number of hydrogen-bond acceptors (Lipinski definition) is 6. The quantitative estimate of drug-likeness (QED) is 0.532. The van der Waals surface area contributed by atoms with Crippen LogP contribution in [0.2, 0.25) is 0 Å². The molecule has 1 rings (SSSR count). The SMILES string of the molecule is CS(=O)(=O)CCS(=O)(=O)NCCCOC1CCNCC1. The molecule has 0 aromatic rings. The van der Waals surface area contributed by atoms with E-state index in [1.54, 1.807) is 0 Å². The van der Waals surface area contributed by atoms with Gasteiger partial charge in [-0.05, 0) is 32.4 Å². The van der Waals surface area contributed by atoms with Crippen molar-refractivity contribution >= 4 is 19.9 Å². The average Bonchev–Trinajstić information content (AvgIpc) is 2.37. The van der Waals surface area contributed by atoms with Gasteiger partial charge in [-0.1, -0.05) is 0 Å². The van der Waals surface area contributed by atoms with Crippen LogP contribution in [0.1, 0.15) is 19.3 Å². The van der Waals surface area contributed by atoms with Crippen molar-refractivity contribution in [2.45, 2.75) is 25.4 Å². The molecule has 9 heteroatoms. The van der Waals surface area contributed by atoms with Gasteiger partial charge in [0, 0.05) is 19.4 Å². The van der Waals surface area contributed by atoms with Crippen LogP contribution in [0, 0.1) is 0 Å². The maximum Gasteiger partial charge on any atom is 0.212 e. The third kappa shape index (κ3) is 8.85. The molecule has 1 aliphatic rings. The van der Waals surface area contributed by atoms with Crippen LogP contribution in [0.25, 0.3) is 0 Å². The summed E-state index contributed by atoms with van der Waals surface area (Å²) in [5.41, 5.74) is 0. The molecule has 1 saturated heterocycles. The molecule has 0 spiro atoms. The molecule has 20 heavy (non-hydrogen) atoms. The standard InChI is InChI=1S/C11H24N2O5S2/c1-19(14,15)9-10-20(16,17)13-5-2-8-18-11-3-6-12-7-4-11/h11-13H,2-10H2,1H3. The first-order valence-electron chi connectivity index (χ1n) is 6.76. The van der Waals surface area contributed by atoms with Gasteiger partial charge in [-0.2, -0.15) is 0 Å². The molecule has 0 atom stereocenters. The fourth-order valence-corrected chi connectivity index (χ4v) is 4.53. The lowest BCUT2D eigenvalue weighted by molar-refractivity contribution is 0.0322. The Morgan fingerprint density at radius 1 is 1.15 bits per heavy atom. The summed E-state index contributed by atoms with van der Waals surface area (Å²) < 4.78 is 52.9. The van der Waals surface area contributed by atoms with Crippen LogP contribution in [0.15, 0.2) is 0 Å². The zero-order valence-electron chi connectivity index (χ0n) is 11.8. The van der Waals surface area contributed by atoms with Gasteiger partial charge in [0.05, 0.1) is 17.6 Å². The molecule has 2 N–H and O–H groups in total. The summed E-state index contributed by atoms with van der Waals surface area (Å²) in [7, 11) is -6.77. The number of sulfone groups is 1. The highest BCUT2D eigenvalue weighted by atomic mass is 32.2. The second-order valence-corrected chi connectivity index (χ2v) is 9.20. The first-order chi connectivity index (χ1) is 9.29. The summed E-state index contributed by atoms with van der Waals surface area (Å²) in [5, 5.41) is 3.24. The van der Waals surface area contributed by atoms with Crippen LogP contribution in [0.4, 0.5) is 0 Å². The van der Waals surface area contributed by atoms with Crippen LogP contribution < -0.4 is 10.0 Å². The first-order valence-corrected chi connectivity index (χ1v) is 10.5. The van der Waals surface area contributed by atoms with Crippen LogP contribution in [-0.4, -0.2) is 66.9 Å². The Balaban J connectivity index is 2.10. The fraction of sp³-hybridized carbons (Fsp3) is 1.00. The van der Waals surface area contributed by atoms with Gasteiger partial charge < -0.3 is 10.1 Å². The first kappa shape index (κ1) is 17.8. The van der Waals surface area contributed by atoms with Crippen molar-refractivity contribution < 1.29 is 21.6 Å². The van der Waals surface area contributed by atoms with Gasteiger partial charge in [0.15, 0.2) is 0 Å². The summed E-state index contributed by atoms with van der Waals surface area (Å²) in [6, 6.07) is 0. The summed E-state index contributed by atoms with van der Waals surface area (Å²) in [4.78, 5) is 0. The van der Waals surface area contributed by atoms with E-state index in [4.69, 9.17) is 4.74 Å². The monoisotopic (exact) mass is 328 g/mol. The van der Waals surface area contributed by atoms with E-state index < -0.39 is 19.9 Å². The number of rotatable bonds is 9. The molecule has 7 nitrogen and oxygen atoms in total. The minimum absolute atomic E-state index is 0.262. The summed E-state index contributed by atoms with van der Waals surface area (Å²) in [6.45, 7) is 2.71. The molecule has 1 fully saturated rings. The smallest absolute Gasteiger partial charge is 0.212 e. The largest absolute Gasteiger partial charge is 0.378 e. The summed E-state index contributed by atoms with van der Waals surface area (Å²) in [5.74, 6) is -0.741. The van der Waals surface area contributed by atoms with Gasteiger partial charge in [0.1, 0.15) is 9.84 Å². The Morgan fingerprint density at radius 3 is 2.40 bits per heavy atom. The predicted octanol–water partition coefficient (Wildman–Crippen LogP) is -0.891. The lowest BCUT2D eigenvalue weighted by Gasteiger charge is -2.22. The zero-order chi connectivity index (χ0) is 15.1. The van der Waals surface area contributed by atoms with Crippen molar-refractivity contribution in [1.29, 1.82) is 0 Å². The maximum absolute atomic E-state index is 11.5. The third-order valence-corrected chi connectivity index (χ3v) is 5.60. The van der Waals surface area contributed by atoms with Gasteiger partial charge in [-0.25, -0.2) is 21.6 Å². The summed E-state index contributed by atoms with van der Waals surface area (Å²) in [6.07, 6.45) is 3.84. The van der Waals surface area contributed by atoms with E-state index in [1.165, 1.54) is 0 Å². The lowest BCUT2D eigenvalue weighted by Crippen LogP contribution is -2.33. The van der Waals surface area contributed by atoms with Crippen molar-refractivity contribution in [1.82, 2.24) is 10.0 Å². The van der Waals surface area contributed by atoms with Gasteiger partial charge in [-0.3, -0.25) is 0 Å². The normalized spacial score (nSPS) is 18.2. The third-order valence-electron chi connectivity index (χ3n) is 3.01. The van der Waals surface area contributed by atoms with Crippen molar-refractivity contribution in [2.24, 2.45) is 0 Å². The van der Waals surface area contributed by atoms with E-state index >= 15 is 0 Å². The van der Waals surface area contributed by atoms with E-state index in [1.807, 2.05) is 0 Å². The number of ether oxygens (including phenoxy) is 1. The molecule has 0 radical (unpaired) electrons. The van der Waals surface area contributed by atoms with Crippen LogP contribution >= 0.6 is 0 Å². The molecule has 0 bridgehead atoms. The molecule has 120 valence electrons. The van der Waals surface area contributed by atoms with E-state index in [0.29, 0.717) is 13.0 Å². The summed E-state index contributed by atoms with van der Waals surface area (Å²) >= 11 is 0. The molecule has 0 aromatic heterocycles. The minimum Gasteiger partial charge on any atom is -0.378 e. The molecule has 0 aliphatic carbocycles. The molecule has 0 aromatic carbocycles. The highest BCUT2D eigenvalue weighted by Crippen LogP contribution is 2.07. The molecular formula is C11H24N2O5S2. The highest BCUT2D eigenvalue weighted by Gasteiger charge is 2.15. The Labute approximate surface area is 121 Å². The Hall–Kier alpha value is -0.220. The Kier molecular flexibility index (Phi) is 7.38. The number of sulfonamides is 1. The van der Waals surface area contributed by atoms with Gasteiger partial charge >= 0.3 is 0 Å². The molecular weight excluding hydrogens is 304 g/mol. The average molecular weight is 328 g/mol. The van der Waals surface area contributed by atoms with Crippen LogP contribution in [0.3, 0.4) is 0 Å². The molecule has 0 saturated carbocycles. The fourth-order valence-electron chi connectivity index (χ4n) is 1.85. The van der Waals surface area contributed by atoms with Crippen molar-refractivity contribution in [3.8, 4) is 0 Å². The van der Waals surface area contributed by atoms with E-state index in [2.05, 4.69) is 10.0 Å². The van der Waals surface area contributed by atoms with Gasteiger partial charge in [0.25, 0.3) is 0 Å². The topological polar surface area (TPSA) is 102 Å². The Morgan fingerprint density at radius 2 is 1.80 bits per heavy atom. The number of piperidine rings is 1. The second kappa shape index (κ2) is 8.28. The van der Waals surface area contributed by atoms with Gasteiger partial charge in [0.2, 0.25) is 10.0 Å². The predicted molar refractivity (Wildman–Crippen MR) is 78.0 cm³/mol. The van der Waals surface area contributed by atoms with Crippen molar-refractivity contribution in [3.63, 3.8) is 0 Å². The van der Waals surface area contributed by atoms with Gasteiger partial charge in [-0.15, -0.1) is 0 Å².